The molecule has 0 saturated carbocycles. The minimum Gasteiger partial charge on any atom is -0.455 e. The third-order valence-corrected chi connectivity index (χ3v) is 4.46. The molecule has 2 aromatic heterocycles. The fraction of sp³-hybridized carbons (Fsp3) is 0.0909. The van der Waals surface area contributed by atoms with Gasteiger partial charge in [-0.05, 0) is 42.2 Å². The van der Waals surface area contributed by atoms with E-state index in [4.69, 9.17) is 4.74 Å². The Bertz CT molecular complexity index is 1050. The Kier molecular flexibility index (Phi) is 4.23. The van der Waals surface area contributed by atoms with E-state index in [1.165, 1.54) is 11.1 Å². The lowest BCUT2D eigenvalue weighted by Crippen LogP contribution is -1.94. The zero-order valence-corrected chi connectivity index (χ0v) is 14.4. The molecule has 26 heavy (non-hydrogen) atoms. The van der Waals surface area contributed by atoms with E-state index in [0.29, 0.717) is 11.3 Å². The van der Waals surface area contributed by atoms with Gasteiger partial charge in [0.25, 0.3) is 0 Å². The number of carbonyl (C=O) groups excluding carboxylic acids is 1. The first kappa shape index (κ1) is 16.1. The maximum Gasteiger partial charge on any atom is 0.154 e. The Morgan fingerprint density at radius 3 is 2.46 bits per heavy atom. The van der Waals surface area contributed by atoms with Gasteiger partial charge in [0.15, 0.2) is 12.0 Å². The summed E-state index contributed by atoms with van der Waals surface area (Å²) >= 11 is 0. The van der Waals surface area contributed by atoms with Gasteiger partial charge in [-0.15, -0.1) is 0 Å². The van der Waals surface area contributed by atoms with Gasteiger partial charge in [0.2, 0.25) is 0 Å². The predicted molar refractivity (Wildman–Crippen MR) is 101 cm³/mol. The predicted octanol–water partition coefficient (Wildman–Crippen LogP) is 4.84. The lowest BCUT2D eigenvalue weighted by Gasteiger charge is -2.09. The zero-order chi connectivity index (χ0) is 17.9. The molecule has 0 saturated heterocycles. The number of aldehydes is 1. The number of hydrogen-bond donors (Lipinski definition) is 0. The number of ether oxygens (including phenoxy) is 1. The number of fused-ring (bicyclic) bond motifs is 1. The van der Waals surface area contributed by atoms with Crippen LogP contribution in [0.15, 0.2) is 73.1 Å². The average Bonchev–Trinajstić information content (AvgIpc) is 3.01. The van der Waals surface area contributed by atoms with Crippen LogP contribution in [0.5, 0.6) is 11.5 Å². The van der Waals surface area contributed by atoms with Gasteiger partial charge in [-0.3, -0.25) is 4.79 Å². The van der Waals surface area contributed by atoms with Crippen molar-refractivity contribution in [2.24, 2.45) is 0 Å². The molecule has 0 unspecified atom stereocenters. The largest absolute Gasteiger partial charge is 0.455 e. The third kappa shape index (κ3) is 3.09. The Labute approximate surface area is 151 Å². The lowest BCUT2D eigenvalue weighted by molar-refractivity contribution is 0.112. The van der Waals surface area contributed by atoms with Gasteiger partial charge in [-0.1, -0.05) is 42.5 Å². The summed E-state index contributed by atoms with van der Waals surface area (Å²) in [6.07, 6.45) is 5.11. The van der Waals surface area contributed by atoms with Gasteiger partial charge in [0, 0.05) is 17.8 Å². The number of carbonyl (C=O) groups is 1. The second kappa shape index (κ2) is 6.84. The van der Waals surface area contributed by atoms with E-state index in [2.05, 4.69) is 41.5 Å². The van der Waals surface area contributed by atoms with E-state index in [-0.39, 0.29) is 0 Å². The number of nitrogens with zero attached hydrogens (tertiary/aromatic N) is 2. The first-order valence-corrected chi connectivity index (χ1v) is 8.47. The van der Waals surface area contributed by atoms with Gasteiger partial charge in [-0.25, -0.2) is 4.52 Å². The molecule has 0 aliphatic heterocycles. The number of hydrogen-bond acceptors (Lipinski definition) is 3. The molecule has 2 heterocycles. The number of aromatic nitrogens is 2. The minimum atomic E-state index is 0.617. The lowest BCUT2D eigenvalue weighted by atomic mass is 10.1. The van der Waals surface area contributed by atoms with E-state index < -0.39 is 0 Å². The summed E-state index contributed by atoms with van der Waals surface area (Å²) in [6, 6.07) is 20.3. The second-order valence-corrected chi connectivity index (χ2v) is 6.22. The van der Waals surface area contributed by atoms with Crippen LogP contribution in [0.2, 0.25) is 0 Å². The molecule has 0 bridgehead atoms. The van der Waals surface area contributed by atoms with Crippen molar-refractivity contribution < 1.29 is 9.53 Å². The Hall–Kier alpha value is -3.40. The van der Waals surface area contributed by atoms with Gasteiger partial charge in [0.05, 0.1) is 6.20 Å². The highest BCUT2D eigenvalue weighted by Crippen LogP contribution is 2.29. The summed E-state index contributed by atoms with van der Waals surface area (Å²) in [4.78, 5) is 11.2. The van der Waals surface area contributed by atoms with Crippen molar-refractivity contribution in [1.29, 1.82) is 0 Å². The highest BCUT2D eigenvalue weighted by Gasteiger charge is 2.12. The monoisotopic (exact) mass is 342 g/mol. The first-order valence-electron chi connectivity index (χ1n) is 8.47. The average molecular weight is 342 g/mol. The quantitative estimate of drug-likeness (QED) is 0.488. The molecular formula is C22H18N2O2. The van der Waals surface area contributed by atoms with Crippen LogP contribution in [0, 0.1) is 6.92 Å². The standard InChI is InChI=1S/C22H18N2O2/c1-16-19(15-25)14-24-22(16)21(11-12-23-24)26-20-9-7-18(8-10-20)13-17-5-3-2-4-6-17/h2-12,14-15H,13H2,1H3. The van der Waals surface area contributed by atoms with Crippen molar-refractivity contribution in [2.45, 2.75) is 13.3 Å². The second-order valence-electron chi connectivity index (χ2n) is 6.22. The van der Waals surface area contributed by atoms with Gasteiger partial charge in [-0.2, -0.15) is 5.10 Å². The molecule has 4 nitrogen and oxygen atoms in total. The normalized spacial score (nSPS) is 10.8. The summed E-state index contributed by atoms with van der Waals surface area (Å²) in [5.74, 6) is 1.43. The van der Waals surface area contributed by atoms with E-state index in [9.17, 15) is 4.79 Å². The molecule has 4 heteroatoms. The van der Waals surface area contributed by atoms with Crippen molar-refractivity contribution in [3.8, 4) is 11.5 Å². The van der Waals surface area contributed by atoms with Crippen LogP contribution in [0.25, 0.3) is 5.52 Å². The number of rotatable bonds is 5. The van der Waals surface area contributed by atoms with Crippen molar-refractivity contribution in [2.75, 3.05) is 0 Å². The van der Waals surface area contributed by atoms with E-state index in [0.717, 1.165) is 29.5 Å². The van der Waals surface area contributed by atoms with Crippen LogP contribution in [0.1, 0.15) is 27.0 Å². The Balaban J connectivity index is 1.59. The highest BCUT2D eigenvalue weighted by molar-refractivity contribution is 5.84. The van der Waals surface area contributed by atoms with Gasteiger partial charge in [0.1, 0.15) is 11.3 Å². The summed E-state index contributed by atoms with van der Waals surface area (Å²) in [7, 11) is 0. The third-order valence-electron chi connectivity index (χ3n) is 4.46. The molecular weight excluding hydrogens is 324 g/mol. The number of benzene rings is 2. The van der Waals surface area contributed by atoms with Gasteiger partial charge >= 0.3 is 0 Å². The van der Waals surface area contributed by atoms with Crippen LogP contribution in [-0.4, -0.2) is 15.9 Å². The van der Waals surface area contributed by atoms with Crippen LogP contribution in [-0.2, 0) is 6.42 Å². The molecule has 128 valence electrons. The van der Waals surface area contributed by atoms with Crippen LogP contribution in [0.4, 0.5) is 0 Å². The van der Waals surface area contributed by atoms with E-state index >= 15 is 0 Å². The summed E-state index contributed by atoms with van der Waals surface area (Å²) < 4.78 is 7.74. The van der Waals surface area contributed by atoms with Gasteiger partial charge < -0.3 is 4.74 Å². The van der Waals surface area contributed by atoms with Crippen LogP contribution in [0.3, 0.4) is 0 Å². The molecule has 2 aromatic carbocycles. The molecule has 0 aliphatic rings. The summed E-state index contributed by atoms with van der Waals surface area (Å²) in [6.45, 7) is 1.90. The maximum absolute atomic E-state index is 11.2. The van der Waals surface area contributed by atoms with E-state index in [1.54, 1.807) is 16.9 Å². The topological polar surface area (TPSA) is 43.6 Å². The smallest absolute Gasteiger partial charge is 0.154 e. The van der Waals surface area contributed by atoms with Crippen molar-refractivity contribution in [1.82, 2.24) is 9.61 Å². The number of aryl methyl sites for hydroxylation is 1. The summed E-state index contributed by atoms with van der Waals surface area (Å²) in [5, 5.41) is 4.25. The Morgan fingerprint density at radius 2 is 1.73 bits per heavy atom. The molecule has 0 fully saturated rings. The fourth-order valence-electron chi connectivity index (χ4n) is 3.08. The van der Waals surface area contributed by atoms with Crippen LogP contribution >= 0.6 is 0 Å². The van der Waals surface area contributed by atoms with Crippen molar-refractivity contribution in [3.05, 3.63) is 95.3 Å². The Morgan fingerprint density at radius 1 is 1.00 bits per heavy atom. The van der Waals surface area contributed by atoms with Crippen molar-refractivity contribution in [3.63, 3.8) is 0 Å². The fourth-order valence-corrected chi connectivity index (χ4v) is 3.08. The van der Waals surface area contributed by atoms with E-state index in [1.807, 2.05) is 31.2 Å². The van der Waals surface area contributed by atoms with Crippen LogP contribution < -0.4 is 4.74 Å². The molecule has 4 rings (SSSR count). The first-order chi connectivity index (χ1) is 12.7. The molecule has 4 aromatic rings. The summed E-state index contributed by atoms with van der Waals surface area (Å²) in [5.41, 5.74) is 4.80. The molecule has 0 radical (unpaired) electrons. The molecule has 0 N–H and O–H groups in total. The molecule has 0 amide bonds. The van der Waals surface area contributed by atoms with Crippen molar-refractivity contribution >= 4 is 11.8 Å². The molecule has 0 atom stereocenters. The molecule has 0 spiro atoms. The SMILES string of the molecule is Cc1c(C=O)cn2nccc(Oc3ccc(Cc4ccccc4)cc3)c12. The highest BCUT2D eigenvalue weighted by atomic mass is 16.5. The zero-order valence-electron chi connectivity index (χ0n) is 14.4. The maximum atomic E-state index is 11.2. The minimum absolute atomic E-state index is 0.617. The molecule has 0 aliphatic carbocycles.